The van der Waals surface area contributed by atoms with Gasteiger partial charge in [-0.2, -0.15) is 0 Å². The quantitative estimate of drug-likeness (QED) is 0.501. The number of hydrogen-bond acceptors (Lipinski definition) is 6. The molecule has 1 rings (SSSR count). The van der Waals surface area contributed by atoms with Gasteiger partial charge in [-0.05, 0) is 18.2 Å². The summed E-state index contributed by atoms with van der Waals surface area (Å²) in [5.41, 5.74) is 7.13. The Morgan fingerprint density at radius 2 is 1.79 bits per heavy atom. The predicted octanol–water partition coefficient (Wildman–Crippen LogP) is 1.10. The minimum atomic E-state index is -0.529. The van der Waals surface area contributed by atoms with E-state index in [1.807, 2.05) is 0 Å². The van der Waals surface area contributed by atoms with Crippen LogP contribution in [0, 0.1) is 0 Å². The van der Waals surface area contributed by atoms with Gasteiger partial charge in [0.2, 0.25) is 0 Å². The van der Waals surface area contributed by atoms with Crippen molar-refractivity contribution in [3.8, 4) is 0 Å². The molecule has 0 atom stereocenters. The number of amides is 1. The van der Waals surface area contributed by atoms with E-state index in [4.69, 9.17) is 5.73 Å². The van der Waals surface area contributed by atoms with Crippen molar-refractivity contribution in [1.29, 1.82) is 0 Å². The maximum absolute atomic E-state index is 11.4. The average molecular weight is 267 g/mol. The largest absolute Gasteiger partial charge is 0.465 e. The van der Waals surface area contributed by atoms with E-state index in [-0.39, 0.29) is 0 Å². The second-order valence-electron chi connectivity index (χ2n) is 3.78. The molecule has 0 aliphatic carbocycles. The lowest BCUT2D eigenvalue weighted by Crippen LogP contribution is -2.41. The standard InChI is InChI=1S/C12H17N3O4/c1-14(15(2)12(17)19-4)10-6-5-8(7-9(10)13)11(16)18-3/h5-7H,13H2,1-4H3. The normalized spacial score (nSPS) is 9.68. The van der Waals surface area contributed by atoms with Crippen LogP contribution in [0.1, 0.15) is 10.4 Å². The fourth-order valence-electron chi connectivity index (χ4n) is 1.51. The number of hydrogen-bond donors (Lipinski definition) is 1. The molecule has 1 aromatic rings. The summed E-state index contributed by atoms with van der Waals surface area (Å²) >= 11 is 0. The Balaban J connectivity index is 3.02. The van der Waals surface area contributed by atoms with Crippen LogP contribution in [0.4, 0.5) is 16.2 Å². The van der Waals surface area contributed by atoms with Crippen molar-refractivity contribution in [2.24, 2.45) is 0 Å². The maximum atomic E-state index is 11.4. The van der Waals surface area contributed by atoms with Gasteiger partial charge in [0.25, 0.3) is 0 Å². The number of hydrazine groups is 1. The number of carbonyl (C=O) groups excluding carboxylic acids is 2. The topological polar surface area (TPSA) is 85.1 Å². The number of carbonyl (C=O) groups is 2. The van der Waals surface area contributed by atoms with E-state index in [1.54, 1.807) is 26.2 Å². The smallest absolute Gasteiger partial charge is 0.428 e. The van der Waals surface area contributed by atoms with Gasteiger partial charge in [0, 0.05) is 14.1 Å². The van der Waals surface area contributed by atoms with Crippen molar-refractivity contribution in [3.05, 3.63) is 23.8 Å². The molecule has 1 amide bonds. The van der Waals surface area contributed by atoms with Crippen LogP contribution in [0.3, 0.4) is 0 Å². The van der Waals surface area contributed by atoms with Gasteiger partial charge >= 0.3 is 12.1 Å². The third kappa shape index (κ3) is 3.06. The molecule has 0 bridgehead atoms. The molecule has 1 aromatic carbocycles. The van der Waals surface area contributed by atoms with E-state index in [9.17, 15) is 9.59 Å². The molecule has 2 N–H and O–H groups in total. The third-order valence-corrected chi connectivity index (χ3v) is 2.69. The van der Waals surface area contributed by atoms with E-state index in [0.717, 1.165) is 0 Å². The zero-order valence-corrected chi connectivity index (χ0v) is 11.3. The van der Waals surface area contributed by atoms with Crippen molar-refractivity contribution in [2.75, 3.05) is 39.1 Å². The first-order chi connectivity index (χ1) is 8.92. The highest BCUT2D eigenvalue weighted by Gasteiger charge is 2.17. The molecule has 104 valence electrons. The molecule has 0 heterocycles. The molecule has 0 aliphatic heterocycles. The summed E-state index contributed by atoms with van der Waals surface area (Å²) in [6.45, 7) is 0. The predicted molar refractivity (Wildman–Crippen MR) is 70.8 cm³/mol. The Hall–Kier alpha value is -2.44. The number of esters is 1. The van der Waals surface area contributed by atoms with Crippen molar-refractivity contribution in [2.45, 2.75) is 0 Å². The molecule has 0 fully saturated rings. The number of anilines is 2. The molecule has 0 radical (unpaired) electrons. The lowest BCUT2D eigenvalue weighted by atomic mass is 10.1. The molecule has 7 heteroatoms. The van der Waals surface area contributed by atoms with Crippen molar-refractivity contribution in [3.63, 3.8) is 0 Å². The van der Waals surface area contributed by atoms with Gasteiger partial charge in [-0.3, -0.25) is 5.01 Å². The molecular formula is C12H17N3O4. The minimum Gasteiger partial charge on any atom is -0.465 e. The fraction of sp³-hybridized carbons (Fsp3) is 0.333. The molecule has 0 aliphatic rings. The fourth-order valence-corrected chi connectivity index (χ4v) is 1.51. The number of nitrogen functional groups attached to an aromatic ring is 1. The van der Waals surface area contributed by atoms with Gasteiger partial charge in [0.15, 0.2) is 0 Å². The highest BCUT2D eigenvalue weighted by atomic mass is 16.5. The molecule has 7 nitrogen and oxygen atoms in total. The number of nitrogens with two attached hydrogens (primary N) is 1. The Kier molecular flexibility index (Phi) is 4.57. The summed E-state index contributed by atoms with van der Waals surface area (Å²) in [5.74, 6) is -0.470. The molecule has 0 saturated heterocycles. The Bertz CT molecular complexity index is 490. The van der Waals surface area contributed by atoms with Crippen LogP contribution >= 0.6 is 0 Å². The molecule has 0 saturated carbocycles. The Labute approximate surface area is 111 Å². The van der Waals surface area contributed by atoms with Crippen LogP contribution in [-0.4, -0.2) is 45.4 Å². The second kappa shape index (κ2) is 5.94. The van der Waals surface area contributed by atoms with Gasteiger partial charge in [-0.15, -0.1) is 0 Å². The van der Waals surface area contributed by atoms with Gasteiger partial charge < -0.3 is 15.2 Å². The highest BCUT2D eigenvalue weighted by Crippen LogP contribution is 2.24. The van der Waals surface area contributed by atoms with Gasteiger partial charge in [0.05, 0.1) is 31.2 Å². The first kappa shape index (κ1) is 14.6. The summed E-state index contributed by atoms with van der Waals surface area (Å²) in [4.78, 5) is 22.8. The lowest BCUT2D eigenvalue weighted by molar-refractivity contribution is 0.0600. The van der Waals surface area contributed by atoms with Crippen molar-refractivity contribution < 1.29 is 19.1 Å². The first-order valence-corrected chi connectivity index (χ1v) is 5.45. The SMILES string of the molecule is COC(=O)c1ccc(N(C)N(C)C(=O)OC)c(N)c1. The van der Waals surface area contributed by atoms with Crippen LogP contribution in [0.5, 0.6) is 0 Å². The average Bonchev–Trinajstić information content (AvgIpc) is 2.43. The second-order valence-corrected chi connectivity index (χ2v) is 3.78. The highest BCUT2D eigenvalue weighted by molar-refractivity contribution is 5.92. The molecule has 19 heavy (non-hydrogen) atoms. The Morgan fingerprint density at radius 1 is 1.16 bits per heavy atom. The molecule has 0 aromatic heterocycles. The lowest BCUT2D eigenvalue weighted by Gasteiger charge is -2.29. The van der Waals surface area contributed by atoms with Crippen LogP contribution < -0.4 is 10.7 Å². The maximum Gasteiger partial charge on any atom is 0.428 e. The number of rotatable bonds is 3. The van der Waals surface area contributed by atoms with E-state index in [1.165, 1.54) is 30.3 Å². The number of nitrogens with zero attached hydrogens (tertiary/aromatic N) is 2. The summed E-state index contributed by atoms with van der Waals surface area (Å²) < 4.78 is 9.21. The van der Waals surface area contributed by atoms with Crippen molar-refractivity contribution >= 4 is 23.4 Å². The zero-order valence-electron chi connectivity index (χ0n) is 11.3. The van der Waals surface area contributed by atoms with Gasteiger partial charge in [-0.25, -0.2) is 14.6 Å². The van der Waals surface area contributed by atoms with Crippen LogP contribution in [-0.2, 0) is 9.47 Å². The van der Waals surface area contributed by atoms with Crippen LogP contribution in [0.2, 0.25) is 0 Å². The molecule has 0 spiro atoms. The van der Waals surface area contributed by atoms with E-state index >= 15 is 0 Å². The Morgan fingerprint density at radius 3 is 2.26 bits per heavy atom. The van der Waals surface area contributed by atoms with Crippen LogP contribution in [0.15, 0.2) is 18.2 Å². The number of benzene rings is 1. The third-order valence-electron chi connectivity index (χ3n) is 2.69. The summed E-state index contributed by atoms with van der Waals surface area (Å²) in [6, 6.07) is 4.68. The summed E-state index contributed by atoms with van der Waals surface area (Å²) in [5, 5.41) is 2.77. The van der Waals surface area contributed by atoms with E-state index in [2.05, 4.69) is 9.47 Å². The van der Waals surface area contributed by atoms with E-state index < -0.39 is 12.1 Å². The van der Waals surface area contributed by atoms with Crippen LogP contribution in [0.25, 0.3) is 0 Å². The van der Waals surface area contributed by atoms with Gasteiger partial charge in [0.1, 0.15) is 0 Å². The van der Waals surface area contributed by atoms with E-state index in [0.29, 0.717) is 16.9 Å². The summed E-state index contributed by atoms with van der Waals surface area (Å²) in [6.07, 6.45) is -0.529. The van der Waals surface area contributed by atoms with Gasteiger partial charge in [-0.1, -0.05) is 0 Å². The summed E-state index contributed by atoms with van der Waals surface area (Å²) in [7, 11) is 5.78. The zero-order chi connectivity index (χ0) is 14.6. The monoisotopic (exact) mass is 267 g/mol. The minimum absolute atomic E-state index is 0.345. The number of ether oxygens (including phenoxy) is 2. The molecule has 0 unspecified atom stereocenters. The molecular weight excluding hydrogens is 250 g/mol. The number of methoxy groups -OCH3 is 2. The van der Waals surface area contributed by atoms with Crippen molar-refractivity contribution in [1.82, 2.24) is 5.01 Å². The first-order valence-electron chi connectivity index (χ1n) is 5.45.